The summed E-state index contributed by atoms with van der Waals surface area (Å²) in [5.74, 6) is 0.861. The van der Waals surface area contributed by atoms with Gasteiger partial charge in [-0.2, -0.15) is 5.26 Å². The number of carbonyl (C=O) groups is 2. The summed E-state index contributed by atoms with van der Waals surface area (Å²) in [7, 11) is 2.88. The fourth-order valence-corrected chi connectivity index (χ4v) is 5.91. The molecule has 0 bridgehead atoms. The van der Waals surface area contributed by atoms with Gasteiger partial charge in [-0.3, -0.25) is 10.1 Å². The number of nitrogens with one attached hydrogen (secondary N) is 2. The van der Waals surface area contributed by atoms with E-state index in [1.807, 2.05) is 37.3 Å². The maximum absolute atomic E-state index is 13.5. The molecule has 4 rings (SSSR count). The molecule has 0 saturated heterocycles. The molecule has 2 aromatic carbocycles. The fraction of sp³-hybridized carbons (Fsp3) is 0.367. The lowest BCUT2D eigenvalue weighted by Gasteiger charge is -2.35. The van der Waals surface area contributed by atoms with Crippen LogP contribution in [-0.4, -0.2) is 26.1 Å². The van der Waals surface area contributed by atoms with E-state index >= 15 is 0 Å². The average Bonchev–Trinajstić information content (AvgIpc) is 2.91. The van der Waals surface area contributed by atoms with Gasteiger partial charge in [-0.25, -0.2) is 4.79 Å². The number of nitriles is 1. The third-order valence-electron chi connectivity index (χ3n) is 7.07. The third kappa shape index (κ3) is 6.12. The maximum Gasteiger partial charge on any atom is 0.411 e. The summed E-state index contributed by atoms with van der Waals surface area (Å²) in [5.41, 5.74) is 4.61. The second-order valence-electron chi connectivity index (χ2n) is 9.72. The molecule has 1 aliphatic carbocycles. The Kier molecular flexibility index (Phi) is 8.97. The van der Waals surface area contributed by atoms with Gasteiger partial charge < -0.3 is 19.5 Å². The minimum absolute atomic E-state index is 0.0457. The number of rotatable bonds is 8. The quantitative estimate of drug-likeness (QED) is 0.349. The van der Waals surface area contributed by atoms with Crippen molar-refractivity contribution in [1.29, 1.82) is 5.26 Å². The van der Waals surface area contributed by atoms with Crippen molar-refractivity contribution in [3.8, 4) is 17.6 Å². The van der Waals surface area contributed by atoms with Gasteiger partial charge in [0.1, 0.15) is 12.4 Å². The lowest BCUT2D eigenvalue weighted by Crippen LogP contribution is -2.34. The number of hydrogen-bond donors (Lipinski definition) is 2. The molecule has 1 amide bonds. The molecule has 8 nitrogen and oxygen atoms in total. The second kappa shape index (κ2) is 12.4. The second-order valence-corrected chi connectivity index (χ2v) is 10.6. The summed E-state index contributed by atoms with van der Waals surface area (Å²) in [6.07, 6.45) is 2.53. The molecule has 0 aromatic heterocycles. The van der Waals surface area contributed by atoms with Crippen LogP contribution in [0.5, 0.6) is 11.5 Å². The van der Waals surface area contributed by atoms with Crippen molar-refractivity contribution in [1.82, 2.24) is 5.32 Å². The lowest BCUT2D eigenvalue weighted by atomic mass is 9.72. The van der Waals surface area contributed by atoms with Crippen LogP contribution in [0.25, 0.3) is 0 Å². The Labute approximate surface area is 237 Å². The van der Waals surface area contributed by atoms with Crippen LogP contribution in [0.15, 0.2) is 63.4 Å². The van der Waals surface area contributed by atoms with E-state index in [0.717, 1.165) is 36.2 Å². The van der Waals surface area contributed by atoms with Gasteiger partial charge in [-0.15, -0.1) is 0 Å². The zero-order valence-corrected chi connectivity index (χ0v) is 24.1. The van der Waals surface area contributed by atoms with E-state index < -0.39 is 12.0 Å². The number of ether oxygens (including phenoxy) is 3. The molecule has 1 aliphatic heterocycles. The average molecular weight is 595 g/mol. The van der Waals surface area contributed by atoms with E-state index in [0.29, 0.717) is 44.8 Å². The highest BCUT2D eigenvalue weighted by atomic mass is 79.9. The van der Waals surface area contributed by atoms with E-state index in [1.165, 1.54) is 7.11 Å². The predicted octanol–water partition coefficient (Wildman–Crippen LogP) is 6.73. The topological polar surface area (TPSA) is 110 Å². The molecule has 2 aliphatic rings. The van der Waals surface area contributed by atoms with Crippen LogP contribution >= 0.6 is 15.9 Å². The van der Waals surface area contributed by atoms with Gasteiger partial charge in [0.25, 0.3) is 0 Å². The minimum Gasteiger partial charge on any atom is -0.497 e. The van der Waals surface area contributed by atoms with Gasteiger partial charge in [0.05, 0.1) is 41.9 Å². The van der Waals surface area contributed by atoms with E-state index in [-0.39, 0.29) is 18.3 Å². The normalized spacial score (nSPS) is 18.6. The highest BCUT2D eigenvalue weighted by molar-refractivity contribution is 9.10. The number of methoxy groups -OCH3 is 2. The predicted molar refractivity (Wildman–Crippen MR) is 151 cm³/mol. The first-order valence-corrected chi connectivity index (χ1v) is 13.7. The smallest absolute Gasteiger partial charge is 0.411 e. The zero-order valence-electron chi connectivity index (χ0n) is 22.5. The van der Waals surface area contributed by atoms with Crippen molar-refractivity contribution >= 4 is 33.5 Å². The number of amides is 1. The minimum atomic E-state index is -0.668. The van der Waals surface area contributed by atoms with Crippen LogP contribution in [0.2, 0.25) is 0 Å². The van der Waals surface area contributed by atoms with Crippen molar-refractivity contribution in [2.24, 2.45) is 5.92 Å². The molecular weight excluding hydrogens is 562 g/mol. The molecule has 9 heteroatoms. The van der Waals surface area contributed by atoms with E-state index in [2.05, 4.69) is 39.6 Å². The molecule has 1 heterocycles. The van der Waals surface area contributed by atoms with Gasteiger partial charge >= 0.3 is 6.09 Å². The Morgan fingerprint density at radius 2 is 2.03 bits per heavy atom. The van der Waals surface area contributed by atoms with Crippen LogP contribution in [0.4, 0.5) is 10.5 Å². The number of nitrogens with zero attached hydrogens (tertiary/aromatic N) is 1. The van der Waals surface area contributed by atoms with Crippen LogP contribution in [0, 0.1) is 17.2 Å². The highest BCUT2D eigenvalue weighted by Crippen LogP contribution is 2.47. The largest absolute Gasteiger partial charge is 0.497 e. The number of halogens is 1. The summed E-state index contributed by atoms with van der Waals surface area (Å²) in [4.78, 5) is 25.8. The Bertz CT molecular complexity index is 1390. The molecule has 39 heavy (non-hydrogen) atoms. The van der Waals surface area contributed by atoms with Gasteiger partial charge in [0, 0.05) is 23.4 Å². The molecule has 2 N–H and O–H groups in total. The van der Waals surface area contributed by atoms with Crippen molar-refractivity contribution in [3.05, 3.63) is 74.5 Å². The number of benzene rings is 2. The van der Waals surface area contributed by atoms with E-state index in [9.17, 15) is 14.9 Å². The third-order valence-corrected chi connectivity index (χ3v) is 7.66. The van der Waals surface area contributed by atoms with Gasteiger partial charge in [0.15, 0.2) is 11.5 Å². The summed E-state index contributed by atoms with van der Waals surface area (Å²) in [5, 5.41) is 16.2. The maximum atomic E-state index is 13.5. The van der Waals surface area contributed by atoms with Crippen molar-refractivity contribution in [2.75, 3.05) is 19.5 Å². The monoisotopic (exact) mass is 593 g/mol. The van der Waals surface area contributed by atoms with E-state index in [1.54, 1.807) is 13.2 Å². The van der Waals surface area contributed by atoms with Crippen LogP contribution in [0.1, 0.15) is 56.6 Å². The van der Waals surface area contributed by atoms with Crippen molar-refractivity contribution in [3.63, 3.8) is 0 Å². The van der Waals surface area contributed by atoms with Crippen molar-refractivity contribution in [2.45, 2.75) is 52.1 Å². The Hall–Kier alpha value is -3.77. The Balaban J connectivity index is 1.77. The summed E-state index contributed by atoms with van der Waals surface area (Å²) < 4.78 is 16.9. The number of dihydropyridines is 1. The van der Waals surface area contributed by atoms with Gasteiger partial charge in [0.2, 0.25) is 0 Å². The number of hydrogen-bond acceptors (Lipinski definition) is 7. The number of anilines is 1. The van der Waals surface area contributed by atoms with Gasteiger partial charge in [-0.05, 0) is 77.0 Å². The van der Waals surface area contributed by atoms with Crippen LogP contribution in [-0.2, 0) is 16.1 Å². The first kappa shape index (κ1) is 28.2. The molecule has 0 saturated carbocycles. The standard InChI is InChI=1S/C30H32BrN3O5/c1-5-7-18-11-24-28(26(35)12-18)27(22(15-32)17(2)33-24)20-13-23(31)29(25(14-20)34-30(36)38-4)39-16-19-8-6-9-21(10-19)37-3/h6,8-10,13-14,18,27,33H,5,7,11-12,16H2,1-4H3,(H,34,36). The SMILES string of the molecule is CCCC1CC(=O)C2=C(C1)NC(C)=C(C#N)C2c1cc(Br)c(OCc2cccc(OC)c2)c(NC(=O)OC)c1. The summed E-state index contributed by atoms with van der Waals surface area (Å²) >= 11 is 3.61. The van der Waals surface area contributed by atoms with Gasteiger partial charge in [-0.1, -0.05) is 25.5 Å². The summed E-state index contributed by atoms with van der Waals surface area (Å²) in [6.45, 7) is 4.20. The van der Waals surface area contributed by atoms with Crippen LogP contribution in [0.3, 0.4) is 0 Å². The highest BCUT2D eigenvalue weighted by Gasteiger charge is 2.39. The zero-order chi connectivity index (χ0) is 28.1. The molecule has 2 aromatic rings. The number of carbonyl (C=O) groups excluding carboxylic acids is 2. The van der Waals surface area contributed by atoms with Crippen molar-refractivity contribution < 1.29 is 23.8 Å². The Morgan fingerprint density at radius 1 is 1.23 bits per heavy atom. The number of allylic oxidation sites excluding steroid dienone is 4. The fourth-order valence-electron chi connectivity index (χ4n) is 5.31. The molecule has 2 unspecified atom stereocenters. The molecule has 0 fully saturated rings. The molecule has 0 spiro atoms. The Morgan fingerprint density at radius 3 is 2.72 bits per heavy atom. The first-order valence-electron chi connectivity index (χ1n) is 12.9. The summed E-state index contributed by atoms with van der Waals surface area (Å²) in [6, 6.07) is 13.4. The van der Waals surface area contributed by atoms with E-state index in [4.69, 9.17) is 14.2 Å². The molecule has 2 atom stereocenters. The first-order chi connectivity index (χ1) is 18.8. The molecule has 204 valence electrons. The molecule has 0 radical (unpaired) electrons. The van der Waals surface area contributed by atoms with Crippen LogP contribution < -0.4 is 20.1 Å². The molecular formula is C30H32BrN3O5. The lowest BCUT2D eigenvalue weighted by molar-refractivity contribution is -0.117. The number of Topliss-reactive ketones (excluding diaryl/α,β-unsaturated/α-hetero) is 1. The number of ketones is 1.